The average Bonchev–Trinajstić information content (AvgIpc) is 2.98. The maximum Gasteiger partial charge on any atom is 0.120 e. The zero-order chi connectivity index (χ0) is 26.2. The molecule has 0 aromatic heterocycles. The highest BCUT2D eigenvalue weighted by Crippen LogP contribution is 2.47. The fourth-order valence-electron chi connectivity index (χ4n) is 5.58. The molecule has 5 rings (SSSR count). The van der Waals surface area contributed by atoms with Gasteiger partial charge in [0.25, 0.3) is 0 Å². The van der Waals surface area contributed by atoms with E-state index < -0.39 is 0 Å². The second-order valence-electron chi connectivity index (χ2n) is 10.3. The summed E-state index contributed by atoms with van der Waals surface area (Å²) >= 11 is 0. The molecule has 1 unspecified atom stereocenters. The normalized spacial score (nSPS) is 17.4. The summed E-state index contributed by atoms with van der Waals surface area (Å²) in [5.41, 5.74) is 6.65. The molecule has 196 valence electrons. The standard InChI is InChI=1S/C35H38O3/c1-2-30(36)14-9-23-37-31-18-15-28(16-19-31)35-33(27-12-7-4-8-13-27)21-17-29-24-32(20-22-34(29)35)38-25-26-10-5-3-6-11-26/h3-8,10-13,15-16,18-20,22,24,30,33,35-36H,2,9,14,17,21,23,25H2,1H3/t30?,33-,35+/m1/s1. The molecule has 0 saturated carbocycles. The molecule has 0 radical (unpaired) electrons. The minimum Gasteiger partial charge on any atom is -0.494 e. The van der Waals surface area contributed by atoms with E-state index in [1.807, 2.05) is 25.1 Å². The Morgan fingerprint density at radius 2 is 1.50 bits per heavy atom. The van der Waals surface area contributed by atoms with E-state index in [-0.39, 0.29) is 12.0 Å². The first-order valence-electron chi connectivity index (χ1n) is 14.0. The number of hydrogen-bond donors (Lipinski definition) is 1. The molecule has 3 atom stereocenters. The number of ether oxygens (including phenoxy) is 2. The van der Waals surface area contributed by atoms with E-state index in [0.29, 0.717) is 19.1 Å². The van der Waals surface area contributed by atoms with Crippen molar-refractivity contribution < 1.29 is 14.6 Å². The SMILES string of the molecule is CCC(O)CCCOc1ccc([C@@H]2c3ccc(OCc4ccccc4)cc3CC[C@@H]2c2ccccc2)cc1. The smallest absolute Gasteiger partial charge is 0.120 e. The molecule has 4 aromatic carbocycles. The van der Waals surface area contributed by atoms with Crippen LogP contribution in [0.25, 0.3) is 0 Å². The van der Waals surface area contributed by atoms with Crippen LogP contribution >= 0.6 is 0 Å². The molecule has 0 heterocycles. The lowest BCUT2D eigenvalue weighted by Crippen LogP contribution is -2.20. The van der Waals surface area contributed by atoms with Crippen molar-refractivity contribution in [2.75, 3.05) is 6.61 Å². The Labute approximate surface area is 227 Å². The van der Waals surface area contributed by atoms with Crippen molar-refractivity contribution in [2.45, 2.75) is 63.6 Å². The fourth-order valence-corrected chi connectivity index (χ4v) is 5.58. The van der Waals surface area contributed by atoms with Gasteiger partial charge in [-0.25, -0.2) is 0 Å². The molecule has 0 aliphatic heterocycles. The molecule has 0 bridgehead atoms. The number of aliphatic hydroxyl groups excluding tert-OH is 1. The van der Waals surface area contributed by atoms with Crippen LogP contribution in [0, 0.1) is 0 Å². The summed E-state index contributed by atoms with van der Waals surface area (Å²) in [4.78, 5) is 0. The van der Waals surface area contributed by atoms with E-state index >= 15 is 0 Å². The number of fused-ring (bicyclic) bond motifs is 1. The third-order valence-corrected chi connectivity index (χ3v) is 7.71. The predicted octanol–water partition coefficient (Wildman–Crippen LogP) is 8.06. The maximum absolute atomic E-state index is 9.77. The van der Waals surface area contributed by atoms with Crippen molar-refractivity contribution >= 4 is 0 Å². The van der Waals surface area contributed by atoms with E-state index in [2.05, 4.69) is 84.9 Å². The highest BCUT2D eigenvalue weighted by atomic mass is 16.5. The van der Waals surface area contributed by atoms with Crippen LogP contribution in [-0.4, -0.2) is 17.8 Å². The first kappa shape index (κ1) is 26.1. The van der Waals surface area contributed by atoms with E-state index in [1.165, 1.54) is 27.8 Å². The van der Waals surface area contributed by atoms with Gasteiger partial charge < -0.3 is 14.6 Å². The third kappa shape index (κ3) is 6.46. The van der Waals surface area contributed by atoms with Gasteiger partial charge in [-0.2, -0.15) is 0 Å². The summed E-state index contributed by atoms with van der Waals surface area (Å²) in [5.74, 6) is 2.51. The topological polar surface area (TPSA) is 38.7 Å². The molecule has 3 heteroatoms. The molecule has 3 nitrogen and oxygen atoms in total. The van der Waals surface area contributed by atoms with E-state index in [4.69, 9.17) is 9.47 Å². The molecule has 38 heavy (non-hydrogen) atoms. The first-order chi connectivity index (χ1) is 18.7. The van der Waals surface area contributed by atoms with Gasteiger partial charge in [0, 0.05) is 5.92 Å². The van der Waals surface area contributed by atoms with Crippen molar-refractivity contribution in [3.8, 4) is 11.5 Å². The number of hydrogen-bond acceptors (Lipinski definition) is 3. The van der Waals surface area contributed by atoms with Gasteiger partial charge in [-0.1, -0.05) is 85.8 Å². The summed E-state index contributed by atoms with van der Waals surface area (Å²) in [5, 5.41) is 9.77. The number of rotatable bonds is 11. The molecule has 4 aromatic rings. The summed E-state index contributed by atoms with van der Waals surface area (Å²) < 4.78 is 12.1. The lowest BCUT2D eigenvalue weighted by molar-refractivity contribution is 0.149. The Bertz CT molecular complexity index is 1270. The van der Waals surface area contributed by atoms with Crippen LogP contribution in [0.15, 0.2) is 103 Å². The third-order valence-electron chi connectivity index (χ3n) is 7.71. The highest BCUT2D eigenvalue weighted by molar-refractivity contribution is 5.48. The van der Waals surface area contributed by atoms with Gasteiger partial charge in [-0.3, -0.25) is 0 Å². The Balaban J connectivity index is 1.36. The molecule has 0 fully saturated rings. The van der Waals surface area contributed by atoms with E-state index in [9.17, 15) is 5.11 Å². The Morgan fingerprint density at radius 3 is 2.24 bits per heavy atom. The average molecular weight is 507 g/mol. The highest BCUT2D eigenvalue weighted by Gasteiger charge is 2.32. The van der Waals surface area contributed by atoms with Crippen LogP contribution in [0.3, 0.4) is 0 Å². The summed E-state index contributed by atoms with van der Waals surface area (Å²) in [6, 6.07) is 36.5. The van der Waals surface area contributed by atoms with Crippen LogP contribution in [0.4, 0.5) is 0 Å². The van der Waals surface area contributed by atoms with Crippen molar-refractivity contribution in [2.24, 2.45) is 0 Å². The quantitative estimate of drug-likeness (QED) is 0.209. The second kappa shape index (κ2) is 12.8. The van der Waals surface area contributed by atoms with Crippen LogP contribution in [0.5, 0.6) is 11.5 Å². The summed E-state index contributed by atoms with van der Waals surface area (Å²) in [6.45, 7) is 3.21. The lowest BCUT2D eigenvalue weighted by atomic mass is 9.69. The molecule has 1 aliphatic rings. The second-order valence-corrected chi connectivity index (χ2v) is 10.3. The number of aliphatic hydroxyl groups is 1. The van der Waals surface area contributed by atoms with Gasteiger partial charge in [0.15, 0.2) is 0 Å². The van der Waals surface area contributed by atoms with Crippen LogP contribution in [0.2, 0.25) is 0 Å². The summed E-state index contributed by atoms with van der Waals surface area (Å²) in [6.07, 6.45) is 4.34. The Morgan fingerprint density at radius 1 is 0.789 bits per heavy atom. The molecule has 0 saturated heterocycles. The largest absolute Gasteiger partial charge is 0.494 e. The van der Waals surface area contributed by atoms with Crippen LogP contribution in [-0.2, 0) is 13.0 Å². The minimum atomic E-state index is -0.230. The minimum absolute atomic E-state index is 0.230. The van der Waals surface area contributed by atoms with Gasteiger partial charge in [-0.05, 0) is 90.1 Å². The molecular weight excluding hydrogens is 468 g/mol. The molecule has 0 amide bonds. The van der Waals surface area contributed by atoms with Gasteiger partial charge in [-0.15, -0.1) is 0 Å². The monoisotopic (exact) mass is 506 g/mol. The summed E-state index contributed by atoms with van der Waals surface area (Å²) in [7, 11) is 0. The molecule has 1 aliphatic carbocycles. The van der Waals surface area contributed by atoms with Crippen molar-refractivity contribution in [3.63, 3.8) is 0 Å². The molecular formula is C35H38O3. The Kier molecular flexibility index (Phi) is 8.78. The molecule has 1 N–H and O–H groups in total. The number of benzene rings is 4. The van der Waals surface area contributed by atoms with E-state index in [0.717, 1.165) is 43.6 Å². The van der Waals surface area contributed by atoms with Gasteiger partial charge >= 0.3 is 0 Å². The van der Waals surface area contributed by atoms with Crippen molar-refractivity contribution in [3.05, 3.63) is 131 Å². The maximum atomic E-state index is 9.77. The van der Waals surface area contributed by atoms with Crippen molar-refractivity contribution in [1.82, 2.24) is 0 Å². The van der Waals surface area contributed by atoms with Crippen LogP contribution in [0.1, 0.15) is 72.3 Å². The predicted molar refractivity (Wildman–Crippen MR) is 154 cm³/mol. The van der Waals surface area contributed by atoms with Gasteiger partial charge in [0.05, 0.1) is 12.7 Å². The lowest BCUT2D eigenvalue weighted by Gasteiger charge is -2.35. The fraction of sp³-hybridized carbons (Fsp3) is 0.314. The van der Waals surface area contributed by atoms with Gasteiger partial charge in [0.2, 0.25) is 0 Å². The zero-order valence-corrected chi connectivity index (χ0v) is 22.3. The van der Waals surface area contributed by atoms with Crippen LogP contribution < -0.4 is 9.47 Å². The zero-order valence-electron chi connectivity index (χ0n) is 22.3. The number of aryl methyl sites for hydroxylation is 1. The molecule has 0 spiro atoms. The van der Waals surface area contributed by atoms with E-state index in [1.54, 1.807) is 0 Å². The van der Waals surface area contributed by atoms with Crippen molar-refractivity contribution in [1.29, 1.82) is 0 Å². The van der Waals surface area contributed by atoms with Gasteiger partial charge in [0.1, 0.15) is 18.1 Å². The first-order valence-corrected chi connectivity index (χ1v) is 14.0. The Hall–Kier alpha value is -3.56.